The van der Waals surface area contributed by atoms with Gasteiger partial charge in [0.2, 0.25) is 0 Å². The molecule has 0 amide bonds. The zero-order valence-corrected chi connectivity index (χ0v) is 12.3. The molecule has 1 saturated heterocycles. The largest absolute Gasteiger partial charge is 0.354 e. The summed E-state index contributed by atoms with van der Waals surface area (Å²) in [6.07, 6.45) is 2.23. The highest BCUT2D eigenvalue weighted by atomic mass is 32.2. The maximum atomic E-state index is 6.07. The van der Waals surface area contributed by atoms with Gasteiger partial charge in [-0.25, -0.2) is 0 Å². The Labute approximate surface area is 122 Å². The van der Waals surface area contributed by atoms with Crippen LogP contribution in [0, 0.1) is 0 Å². The Morgan fingerprint density at radius 1 is 0.789 bits per heavy atom. The maximum absolute atomic E-state index is 6.07. The van der Waals surface area contributed by atoms with Crippen LogP contribution in [0.15, 0.2) is 70.5 Å². The fourth-order valence-corrected chi connectivity index (χ4v) is 4.93. The van der Waals surface area contributed by atoms with Crippen molar-refractivity contribution < 1.29 is 4.74 Å². The molecule has 3 heteroatoms. The molecule has 1 aliphatic rings. The lowest BCUT2D eigenvalue weighted by molar-refractivity contribution is 0.150. The molecule has 98 valence electrons. The molecule has 0 aromatic heterocycles. The monoisotopic (exact) mass is 288 g/mol. The lowest BCUT2D eigenvalue weighted by atomic mass is 10.4. The van der Waals surface area contributed by atoms with E-state index in [4.69, 9.17) is 4.74 Å². The molecule has 1 fully saturated rings. The van der Waals surface area contributed by atoms with Crippen molar-refractivity contribution in [1.82, 2.24) is 0 Å². The minimum absolute atomic E-state index is 0.164. The van der Waals surface area contributed by atoms with E-state index in [0.29, 0.717) is 0 Å². The molecule has 2 aromatic carbocycles. The second-order valence-corrected chi connectivity index (χ2v) is 7.39. The van der Waals surface area contributed by atoms with Crippen LogP contribution in [0.3, 0.4) is 0 Å². The fourth-order valence-electron chi connectivity index (χ4n) is 2.11. The highest BCUT2D eigenvalue weighted by molar-refractivity contribution is 8.18. The molecule has 0 unspecified atom stereocenters. The molecular formula is C16H16OS2. The van der Waals surface area contributed by atoms with E-state index in [-0.39, 0.29) is 4.27 Å². The van der Waals surface area contributed by atoms with Gasteiger partial charge >= 0.3 is 0 Å². The molecule has 0 spiro atoms. The molecule has 0 N–H and O–H groups in total. The summed E-state index contributed by atoms with van der Waals surface area (Å²) in [4.78, 5) is 2.54. The standard InChI is InChI=1S/C16H16OS2/c1-3-8-14(9-4-1)18-16(12-7-13-17-16)19-15-10-5-2-6-11-15/h1-6,8-11H,7,12-13H2. The number of hydrogen-bond donors (Lipinski definition) is 0. The van der Waals surface area contributed by atoms with E-state index in [2.05, 4.69) is 60.7 Å². The average Bonchev–Trinajstić information content (AvgIpc) is 2.89. The summed E-state index contributed by atoms with van der Waals surface area (Å²) in [7, 11) is 0. The summed E-state index contributed by atoms with van der Waals surface area (Å²) in [5, 5.41) is 0. The Kier molecular flexibility index (Phi) is 4.16. The van der Waals surface area contributed by atoms with Gasteiger partial charge in [-0.3, -0.25) is 0 Å². The highest BCUT2D eigenvalue weighted by Crippen LogP contribution is 2.51. The van der Waals surface area contributed by atoms with Crippen molar-refractivity contribution in [2.24, 2.45) is 0 Å². The second kappa shape index (κ2) is 6.04. The molecule has 3 rings (SSSR count). The second-order valence-electron chi connectivity index (χ2n) is 4.47. The quantitative estimate of drug-likeness (QED) is 0.730. The Hall–Kier alpha value is -0.900. The van der Waals surface area contributed by atoms with Crippen LogP contribution in [-0.2, 0) is 4.74 Å². The molecule has 1 heterocycles. The molecular weight excluding hydrogens is 272 g/mol. The maximum Gasteiger partial charge on any atom is 0.169 e. The van der Waals surface area contributed by atoms with Crippen LogP contribution in [0.2, 0.25) is 0 Å². The summed E-state index contributed by atoms with van der Waals surface area (Å²) in [5.41, 5.74) is 0. The van der Waals surface area contributed by atoms with Gasteiger partial charge in [-0.15, -0.1) is 0 Å². The van der Waals surface area contributed by atoms with Crippen LogP contribution < -0.4 is 0 Å². The zero-order valence-electron chi connectivity index (χ0n) is 10.6. The summed E-state index contributed by atoms with van der Waals surface area (Å²) in [5.74, 6) is 0. The zero-order chi connectivity index (χ0) is 13.0. The van der Waals surface area contributed by atoms with Gasteiger partial charge in [0.1, 0.15) is 0 Å². The SMILES string of the molecule is c1ccc(SC2(Sc3ccccc3)CCCO2)cc1. The molecule has 0 aliphatic carbocycles. The van der Waals surface area contributed by atoms with E-state index in [1.54, 1.807) is 0 Å². The summed E-state index contributed by atoms with van der Waals surface area (Å²) in [6.45, 7) is 0.861. The van der Waals surface area contributed by atoms with Crippen molar-refractivity contribution in [3.8, 4) is 0 Å². The van der Waals surface area contributed by atoms with Gasteiger partial charge < -0.3 is 4.74 Å². The molecule has 19 heavy (non-hydrogen) atoms. The van der Waals surface area contributed by atoms with Crippen molar-refractivity contribution >= 4 is 23.5 Å². The molecule has 1 aliphatic heterocycles. The van der Waals surface area contributed by atoms with Crippen molar-refractivity contribution in [1.29, 1.82) is 0 Å². The Balaban J connectivity index is 1.79. The predicted octanol–water partition coefficient (Wildman–Crippen LogP) is 5.04. The van der Waals surface area contributed by atoms with E-state index in [9.17, 15) is 0 Å². The van der Waals surface area contributed by atoms with Gasteiger partial charge in [0, 0.05) is 16.4 Å². The molecule has 0 saturated carbocycles. The van der Waals surface area contributed by atoms with Crippen LogP contribution in [0.4, 0.5) is 0 Å². The first-order valence-electron chi connectivity index (χ1n) is 6.48. The van der Waals surface area contributed by atoms with Crippen molar-refractivity contribution in [2.45, 2.75) is 26.9 Å². The molecule has 0 bridgehead atoms. The lowest BCUT2D eigenvalue weighted by Gasteiger charge is -2.27. The van der Waals surface area contributed by atoms with E-state index in [1.807, 2.05) is 23.5 Å². The number of rotatable bonds is 4. The third kappa shape index (κ3) is 3.35. The van der Waals surface area contributed by atoms with Crippen LogP contribution in [0.25, 0.3) is 0 Å². The summed E-state index contributed by atoms with van der Waals surface area (Å²) < 4.78 is 5.91. The number of hydrogen-bond acceptors (Lipinski definition) is 3. The summed E-state index contributed by atoms with van der Waals surface area (Å²) >= 11 is 3.67. The minimum atomic E-state index is -0.164. The Bertz CT molecular complexity index is 463. The van der Waals surface area contributed by atoms with Gasteiger partial charge in [-0.1, -0.05) is 59.9 Å². The normalized spacial score (nSPS) is 17.5. The Morgan fingerprint density at radius 2 is 1.32 bits per heavy atom. The van der Waals surface area contributed by atoms with Crippen LogP contribution in [0.5, 0.6) is 0 Å². The topological polar surface area (TPSA) is 9.23 Å². The third-order valence-corrected chi connectivity index (χ3v) is 5.76. The van der Waals surface area contributed by atoms with E-state index < -0.39 is 0 Å². The third-order valence-electron chi connectivity index (χ3n) is 2.98. The molecule has 1 nitrogen and oxygen atoms in total. The fraction of sp³-hybridized carbons (Fsp3) is 0.250. The first kappa shape index (κ1) is 13.1. The highest BCUT2D eigenvalue weighted by Gasteiger charge is 2.37. The van der Waals surface area contributed by atoms with Gasteiger partial charge in [-0.05, 0) is 37.1 Å². The van der Waals surface area contributed by atoms with E-state index in [0.717, 1.165) is 19.4 Å². The summed E-state index contributed by atoms with van der Waals surface area (Å²) in [6, 6.07) is 21.0. The minimum Gasteiger partial charge on any atom is -0.354 e. The van der Waals surface area contributed by atoms with E-state index >= 15 is 0 Å². The van der Waals surface area contributed by atoms with Crippen LogP contribution in [-0.4, -0.2) is 10.9 Å². The number of ether oxygens (including phenoxy) is 1. The van der Waals surface area contributed by atoms with Gasteiger partial charge in [-0.2, -0.15) is 0 Å². The number of benzene rings is 2. The van der Waals surface area contributed by atoms with Crippen LogP contribution in [0.1, 0.15) is 12.8 Å². The predicted molar refractivity (Wildman–Crippen MR) is 82.5 cm³/mol. The van der Waals surface area contributed by atoms with Crippen LogP contribution >= 0.6 is 23.5 Å². The molecule has 0 atom stereocenters. The smallest absolute Gasteiger partial charge is 0.169 e. The van der Waals surface area contributed by atoms with Crippen molar-refractivity contribution in [2.75, 3.05) is 6.61 Å². The Morgan fingerprint density at radius 3 is 1.74 bits per heavy atom. The van der Waals surface area contributed by atoms with E-state index in [1.165, 1.54) is 9.79 Å². The van der Waals surface area contributed by atoms with Gasteiger partial charge in [0.05, 0.1) is 0 Å². The van der Waals surface area contributed by atoms with Crippen molar-refractivity contribution in [3.05, 3.63) is 60.7 Å². The number of thioether (sulfide) groups is 2. The van der Waals surface area contributed by atoms with Gasteiger partial charge in [0.15, 0.2) is 4.27 Å². The average molecular weight is 288 g/mol. The van der Waals surface area contributed by atoms with Gasteiger partial charge in [0.25, 0.3) is 0 Å². The first-order valence-corrected chi connectivity index (χ1v) is 8.12. The lowest BCUT2D eigenvalue weighted by Crippen LogP contribution is -2.17. The molecule has 0 radical (unpaired) electrons. The first-order chi connectivity index (χ1) is 9.36. The van der Waals surface area contributed by atoms with Crippen molar-refractivity contribution in [3.63, 3.8) is 0 Å². The molecule has 2 aromatic rings.